The summed E-state index contributed by atoms with van der Waals surface area (Å²) in [5, 5.41) is 6.75. The Labute approximate surface area is 122 Å². The fraction of sp³-hybridized carbons (Fsp3) is 0.333. The number of benzene rings is 1. The van der Waals surface area contributed by atoms with E-state index in [2.05, 4.69) is 10.5 Å². The predicted molar refractivity (Wildman–Crippen MR) is 81.9 cm³/mol. The van der Waals surface area contributed by atoms with Crippen LogP contribution in [0.1, 0.15) is 22.6 Å². The van der Waals surface area contributed by atoms with E-state index >= 15 is 0 Å². The van der Waals surface area contributed by atoms with Crippen molar-refractivity contribution < 1.29 is 9.32 Å². The number of carbonyl (C=O) groups excluding carboxylic acids is 1. The summed E-state index contributed by atoms with van der Waals surface area (Å²) >= 11 is 1.51. The van der Waals surface area contributed by atoms with Gasteiger partial charge < -0.3 is 9.84 Å². The van der Waals surface area contributed by atoms with Gasteiger partial charge in [0.05, 0.1) is 17.2 Å². The second-order valence-electron chi connectivity index (χ2n) is 4.79. The first-order valence-corrected chi connectivity index (χ1v) is 7.57. The Kier molecular flexibility index (Phi) is 4.84. The summed E-state index contributed by atoms with van der Waals surface area (Å²) < 4.78 is 5.10. The third-order valence-corrected chi connectivity index (χ3v) is 3.78. The summed E-state index contributed by atoms with van der Waals surface area (Å²) in [4.78, 5) is 11.9. The van der Waals surface area contributed by atoms with Crippen LogP contribution in [0.15, 0.2) is 28.8 Å². The molecule has 2 rings (SSSR count). The standard InChI is InChI=1S/C15H18N2O2S/c1-10-4-5-11(2)14(6-10)16-15(18)9-20-8-13-7-12(3)17-19-13/h4-7H,8-9H2,1-3H3,(H,16,18). The Balaban J connectivity index is 1.82. The molecule has 0 aliphatic heterocycles. The molecule has 4 nitrogen and oxygen atoms in total. The highest BCUT2D eigenvalue weighted by Gasteiger charge is 2.07. The van der Waals surface area contributed by atoms with Crippen LogP contribution < -0.4 is 5.32 Å². The van der Waals surface area contributed by atoms with E-state index < -0.39 is 0 Å². The second kappa shape index (κ2) is 6.61. The maximum absolute atomic E-state index is 11.9. The first-order valence-electron chi connectivity index (χ1n) is 6.41. The number of nitrogens with one attached hydrogen (secondary N) is 1. The van der Waals surface area contributed by atoms with Gasteiger partial charge in [-0.15, -0.1) is 11.8 Å². The first-order chi connectivity index (χ1) is 9.54. The Morgan fingerprint density at radius 1 is 1.30 bits per heavy atom. The minimum Gasteiger partial charge on any atom is -0.360 e. The number of carbonyl (C=O) groups is 1. The van der Waals surface area contributed by atoms with E-state index in [9.17, 15) is 4.79 Å². The minimum absolute atomic E-state index is 0.0000581. The lowest BCUT2D eigenvalue weighted by Crippen LogP contribution is -2.15. The van der Waals surface area contributed by atoms with Crippen LogP contribution in [-0.4, -0.2) is 16.8 Å². The van der Waals surface area contributed by atoms with E-state index in [1.165, 1.54) is 11.8 Å². The van der Waals surface area contributed by atoms with E-state index in [0.717, 1.165) is 28.3 Å². The molecular formula is C15H18N2O2S. The van der Waals surface area contributed by atoms with Crippen LogP contribution in [0.25, 0.3) is 0 Å². The molecule has 106 valence electrons. The highest BCUT2D eigenvalue weighted by molar-refractivity contribution is 7.99. The van der Waals surface area contributed by atoms with Crippen LogP contribution >= 0.6 is 11.8 Å². The summed E-state index contributed by atoms with van der Waals surface area (Å²) in [5.41, 5.74) is 3.95. The Morgan fingerprint density at radius 3 is 2.80 bits per heavy atom. The zero-order valence-electron chi connectivity index (χ0n) is 11.9. The maximum Gasteiger partial charge on any atom is 0.234 e. The molecule has 1 aromatic heterocycles. The van der Waals surface area contributed by atoms with E-state index in [1.807, 2.05) is 45.0 Å². The Morgan fingerprint density at radius 2 is 2.10 bits per heavy atom. The molecule has 20 heavy (non-hydrogen) atoms. The number of anilines is 1. The van der Waals surface area contributed by atoms with E-state index in [4.69, 9.17) is 4.52 Å². The van der Waals surface area contributed by atoms with E-state index in [0.29, 0.717) is 11.5 Å². The lowest BCUT2D eigenvalue weighted by molar-refractivity contribution is -0.113. The molecule has 0 atom stereocenters. The van der Waals surface area contributed by atoms with E-state index in [-0.39, 0.29) is 5.91 Å². The van der Waals surface area contributed by atoms with Gasteiger partial charge in [0.25, 0.3) is 0 Å². The van der Waals surface area contributed by atoms with Crippen LogP contribution in [0.5, 0.6) is 0 Å². The number of rotatable bonds is 5. The highest BCUT2D eigenvalue weighted by atomic mass is 32.2. The predicted octanol–water partition coefficient (Wildman–Crippen LogP) is 3.47. The molecule has 0 radical (unpaired) electrons. The minimum atomic E-state index is -0.0000581. The van der Waals surface area contributed by atoms with Gasteiger partial charge in [-0.2, -0.15) is 0 Å². The van der Waals surface area contributed by atoms with Gasteiger partial charge in [0.1, 0.15) is 5.76 Å². The van der Waals surface area contributed by atoms with Crippen LogP contribution in [-0.2, 0) is 10.5 Å². The average Bonchev–Trinajstić information content (AvgIpc) is 2.80. The molecule has 0 bridgehead atoms. The fourth-order valence-corrected chi connectivity index (χ4v) is 2.48. The van der Waals surface area contributed by atoms with Gasteiger partial charge >= 0.3 is 0 Å². The van der Waals surface area contributed by atoms with Crippen molar-refractivity contribution in [3.05, 3.63) is 46.8 Å². The maximum atomic E-state index is 11.9. The van der Waals surface area contributed by atoms with Crippen molar-refractivity contribution in [2.24, 2.45) is 0 Å². The van der Waals surface area contributed by atoms with Gasteiger partial charge in [-0.1, -0.05) is 17.3 Å². The van der Waals surface area contributed by atoms with Crippen LogP contribution in [0.3, 0.4) is 0 Å². The summed E-state index contributed by atoms with van der Waals surface area (Å²) in [6.07, 6.45) is 0. The van der Waals surface area contributed by atoms with Gasteiger partial charge in [-0.3, -0.25) is 4.79 Å². The highest BCUT2D eigenvalue weighted by Crippen LogP contribution is 2.18. The SMILES string of the molecule is Cc1ccc(C)c(NC(=O)CSCc2cc(C)no2)c1. The topological polar surface area (TPSA) is 55.1 Å². The monoisotopic (exact) mass is 290 g/mol. The van der Waals surface area contributed by atoms with Crippen molar-refractivity contribution in [3.8, 4) is 0 Å². The number of thioether (sulfide) groups is 1. The van der Waals surface area contributed by atoms with Gasteiger partial charge in [-0.25, -0.2) is 0 Å². The van der Waals surface area contributed by atoms with Crippen molar-refractivity contribution in [1.82, 2.24) is 5.16 Å². The first kappa shape index (κ1) is 14.7. The lowest BCUT2D eigenvalue weighted by Gasteiger charge is -2.08. The van der Waals surface area contributed by atoms with Gasteiger partial charge in [0, 0.05) is 11.8 Å². The average molecular weight is 290 g/mol. The molecule has 0 saturated carbocycles. The molecule has 0 aliphatic carbocycles. The fourth-order valence-electron chi connectivity index (χ4n) is 1.79. The van der Waals surface area contributed by atoms with Crippen LogP contribution in [0.2, 0.25) is 0 Å². The number of amides is 1. The van der Waals surface area contributed by atoms with Gasteiger partial charge in [0.2, 0.25) is 5.91 Å². The second-order valence-corrected chi connectivity index (χ2v) is 5.78. The number of aromatic nitrogens is 1. The molecule has 0 aliphatic rings. The van der Waals surface area contributed by atoms with E-state index in [1.54, 1.807) is 0 Å². The molecule has 1 aromatic carbocycles. The lowest BCUT2D eigenvalue weighted by atomic mass is 10.1. The Bertz CT molecular complexity index is 608. The summed E-state index contributed by atoms with van der Waals surface area (Å²) in [5.74, 6) is 1.85. The van der Waals surface area contributed by atoms with Crippen LogP contribution in [0.4, 0.5) is 5.69 Å². The molecule has 0 saturated heterocycles. The summed E-state index contributed by atoms with van der Waals surface area (Å²) in [6.45, 7) is 5.88. The molecule has 1 amide bonds. The molecule has 2 aromatic rings. The zero-order valence-corrected chi connectivity index (χ0v) is 12.7. The third-order valence-electron chi connectivity index (χ3n) is 2.82. The number of hydrogen-bond acceptors (Lipinski definition) is 4. The van der Waals surface area contributed by atoms with Crippen molar-refractivity contribution in [2.45, 2.75) is 26.5 Å². The van der Waals surface area contributed by atoms with Crippen LogP contribution in [0, 0.1) is 20.8 Å². The van der Waals surface area contributed by atoms with Crippen molar-refractivity contribution >= 4 is 23.4 Å². The van der Waals surface area contributed by atoms with Crippen molar-refractivity contribution in [2.75, 3.05) is 11.1 Å². The molecule has 1 heterocycles. The quantitative estimate of drug-likeness (QED) is 0.916. The molecular weight excluding hydrogens is 272 g/mol. The van der Waals surface area contributed by atoms with Gasteiger partial charge in [0.15, 0.2) is 0 Å². The summed E-state index contributed by atoms with van der Waals surface area (Å²) in [6, 6.07) is 7.91. The van der Waals surface area contributed by atoms with Crippen molar-refractivity contribution in [1.29, 1.82) is 0 Å². The van der Waals surface area contributed by atoms with Crippen molar-refractivity contribution in [3.63, 3.8) is 0 Å². The largest absolute Gasteiger partial charge is 0.360 e. The molecule has 0 unspecified atom stereocenters. The smallest absolute Gasteiger partial charge is 0.234 e. The number of hydrogen-bond donors (Lipinski definition) is 1. The third kappa shape index (κ3) is 4.13. The molecule has 1 N–H and O–H groups in total. The normalized spacial score (nSPS) is 10.6. The molecule has 0 spiro atoms. The number of nitrogens with zero attached hydrogens (tertiary/aromatic N) is 1. The van der Waals surface area contributed by atoms with Gasteiger partial charge in [-0.05, 0) is 38.0 Å². The summed E-state index contributed by atoms with van der Waals surface area (Å²) in [7, 11) is 0. The zero-order chi connectivity index (χ0) is 14.5. The molecule has 5 heteroatoms. The Hall–Kier alpha value is -1.75. The molecule has 0 fully saturated rings. The number of aryl methyl sites for hydroxylation is 3.